The average molecular weight is 210 g/mol. The fourth-order valence-electron chi connectivity index (χ4n) is 2.21. The summed E-state index contributed by atoms with van der Waals surface area (Å²) in [6, 6.07) is 0. The topological polar surface area (TPSA) is 38.8 Å². The van der Waals surface area contributed by atoms with Gasteiger partial charge in [0, 0.05) is 5.57 Å². The molecule has 1 saturated heterocycles. The Hall–Kier alpha value is -0.830. The Labute approximate surface area is 90.4 Å². The summed E-state index contributed by atoms with van der Waals surface area (Å²) < 4.78 is 10.7. The van der Waals surface area contributed by atoms with Crippen LogP contribution in [-0.4, -0.2) is 24.8 Å². The number of carbonyl (C=O) groups excluding carboxylic acids is 1. The lowest BCUT2D eigenvalue weighted by molar-refractivity contribution is -0.146. The second kappa shape index (κ2) is 4.35. The van der Waals surface area contributed by atoms with Crippen LogP contribution in [0.3, 0.4) is 0 Å². The van der Waals surface area contributed by atoms with Crippen molar-refractivity contribution in [3.63, 3.8) is 0 Å². The molecule has 3 heteroatoms. The lowest BCUT2D eigenvalue weighted by Gasteiger charge is -2.27. The van der Waals surface area contributed by atoms with Gasteiger partial charge in [-0.05, 0) is 38.5 Å². The van der Waals surface area contributed by atoms with Crippen molar-refractivity contribution in [2.45, 2.75) is 44.8 Å². The molecule has 15 heavy (non-hydrogen) atoms. The van der Waals surface area contributed by atoms with Gasteiger partial charge in [-0.3, -0.25) is 0 Å². The zero-order valence-electron chi connectivity index (χ0n) is 9.20. The van der Waals surface area contributed by atoms with Gasteiger partial charge in [-0.15, -0.1) is 0 Å². The van der Waals surface area contributed by atoms with Gasteiger partial charge in [-0.1, -0.05) is 6.58 Å². The summed E-state index contributed by atoms with van der Waals surface area (Å²) in [6.45, 7) is 6.17. The van der Waals surface area contributed by atoms with Crippen LogP contribution >= 0.6 is 0 Å². The van der Waals surface area contributed by atoms with E-state index < -0.39 is 0 Å². The van der Waals surface area contributed by atoms with E-state index in [-0.39, 0.29) is 12.1 Å². The summed E-state index contributed by atoms with van der Waals surface area (Å²) in [5.41, 5.74) is 0.486. The normalized spacial score (nSPS) is 34.6. The van der Waals surface area contributed by atoms with E-state index in [4.69, 9.17) is 9.47 Å². The van der Waals surface area contributed by atoms with E-state index in [1.807, 2.05) is 0 Å². The highest BCUT2D eigenvalue weighted by atomic mass is 16.6. The Balaban J connectivity index is 1.81. The quantitative estimate of drug-likeness (QED) is 0.406. The Bertz CT molecular complexity index is 268. The van der Waals surface area contributed by atoms with E-state index in [1.54, 1.807) is 6.92 Å². The van der Waals surface area contributed by atoms with Crippen molar-refractivity contribution in [1.82, 2.24) is 0 Å². The number of rotatable bonds is 3. The molecule has 3 unspecified atom stereocenters. The number of carbonyl (C=O) groups is 1. The van der Waals surface area contributed by atoms with E-state index in [0.717, 1.165) is 25.9 Å². The number of hydrogen-bond donors (Lipinski definition) is 0. The second-order valence-corrected chi connectivity index (χ2v) is 4.61. The highest BCUT2D eigenvalue weighted by molar-refractivity contribution is 5.87. The average Bonchev–Trinajstić information content (AvgIpc) is 3.01. The molecule has 0 aromatic heterocycles. The SMILES string of the molecule is C=C(C)C(=O)OC1CCCC(C2CO2)C1. The molecule has 3 atom stereocenters. The molecule has 0 aromatic carbocycles. The minimum Gasteiger partial charge on any atom is -0.459 e. The molecule has 2 aliphatic rings. The predicted molar refractivity (Wildman–Crippen MR) is 56.4 cm³/mol. The van der Waals surface area contributed by atoms with Gasteiger partial charge in [0.2, 0.25) is 0 Å². The fourth-order valence-corrected chi connectivity index (χ4v) is 2.21. The zero-order chi connectivity index (χ0) is 10.8. The second-order valence-electron chi connectivity index (χ2n) is 4.61. The molecule has 2 fully saturated rings. The van der Waals surface area contributed by atoms with Gasteiger partial charge < -0.3 is 9.47 Å². The van der Waals surface area contributed by atoms with Gasteiger partial charge in [0.05, 0.1) is 12.7 Å². The molecule has 0 bridgehead atoms. The maximum absolute atomic E-state index is 11.4. The van der Waals surface area contributed by atoms with Crippen molar-refractivity contribution < 1.29 is 14.3 Å². The van der Waals surface area contributed by atoms with Gasteiger partial charge in [-0.25, -0.2) is 4.79 Å². The summed E-state index contributed by atoms with van der Waals surface area (Å²) in [4.78, 5) is 11.4. The van der Waals surface area contributed by atoms with Gasteiger partial charge in [0.15, 0.2) is 0 Å². The van der Waals surface area contributed by atoms with Crippen LogP contribution in [0.5, 0.6) is 0 Å². The monoisotopic (exact) mass is 210 g/mol. The Morgan fingerprint density at radius 2 is 2.20 bits per heavy atom. The molecule has 3 nitrogen and oxygen atoms in total. The van der Waals surface area contributed by atoms with Crippen LogP contribution < -0.4 is 0 Å². The third kappa shape index (κ3) is 2.81. The number of ether oxygens (including phenoxy) is 2. The smallest absolute Gasteiger partial charge is 0.333 e. The maximum Gasteiger partial charge on any atom is 0.333 e. The van der Waals surface area contributed by atoms with E-state index in [9.17, 15) is 4.79 Å². The first kappa shape index (κ1) is 10.7. The standard InChI is InChI=1S/C12H18O3/c1-8(2)12(13)15-10-5-3-4-9(6-10)11-7-14-11/h9-11H,1,3-7H2,2H3. The summed E-state index contributed by atoms with van der Waals surface area (Å²) in [5.74, 6) is 0.346. The third-order valence-corrected chi connectivity index (χ3v) is 3.17. The first-order valence-corrected chi connectivity index (χ1v) is 5.65. The fraction of sp³-hybridized carbons (Fsp3) is 0.750. The van der Waals surface area contributed by atoms with Crippen LogP contribution in [0.15, 0.2) is 12.2 Å². The number of epoxide rings is 1. The van der Waals surface area contributed by atoms with E-state index in [1.165, 1.54) is 6.42 Å². The molecule has 1 saturated carbocycles. The van der Waals surface area contributed by atoms with Crippen molar-refractivity contribution in [1.29, 1.82) is 0 Å². The minimum atomic E-state index is -0.252. The number of esters is 1. The highest BCUT2D eigenvalue weighted by Gasteiger charge is 2.37. The molecule has 1 heterocycles. The molecule has 0 radical (unpaired) electrons. The molecule has 0 N–H and O–H groups in total. The van der Waals surface area contributed by atoms with Gasteiger partial charge in [-0.2, -0.15) is 0 Å². The van der Waals surface area contributed by atoms with Gasteiger partial charge in [0.1, 0.15) is 6.10 Å². The first-order chi connectivity index (χ1) is 7.16. The van der Waals surface area contributed by atoms with Crippen molar-refractivity contribution >= 4 is 5.97 Å². The van der Waals surface area contributed by atoms with Crippen molar-refractivity contribution in [3.8, 4) is 0 Å². The van der Waals surface area contributed by atoms with Crippen molar-refractivity contribution in [3.05, 3.63) is 12.2 Å². The van der Waals surface area contributed by atoms with Crippen LogP contribution in [0.4, 0.5) is 0 Å². The van der Waals surface area contributed by atoms with Crippen LogP contribution in [0, 0.1) is 5.92 Å². The Morgan fingerprint density at radius 3 is 2.80 bits per heavy atom. The van der Waals surface area contributed by atoms with Crippen molar-refractivity contribution in [2.24, 2.45) is 5.92 Å². The molecule has 0 amide bonds. The molecule has 1 aliphatic carbocycles. The van der Waals surface area contributed by atoms with Gasteiger partial charge >= 0.3 is 5.97 Å². The van der Waals surface area contributed by atoms with Crippen LogP contribution in [0.1, 0.15) is 32.6 Å². The molecule has 1 aliphatic heterocycles. The molecule has 0 spiro atoms. The summed E-state index contributed by atoms with van der Waals surface area (Å²) in [7, 11) is 0. The molecular weight excluding hydrogens is 192 g/mol. The van der Waals surface area contributed by atoms with E-state index in [0.29, 0.717) is 17.6 Å². The lowest BCUT2D eigenvalue weighted by atomic mass is 9.85. The lowest BCUT2D eigenvalue weighted by Crippen LogP contribution is -2.28. The maximum atomic E-state index is 11.4. The summed E-state index contributed by atoms with van der Waals surface area (Å²) in [5, 5.41) is 0. The third-order valence-electron chi connectivity index (χ3n) is 3.17. The van der Waals surface area contributed by atoms with E-state index in [2.05, 4.69) is 6.58 Å². The van der Waals surface area contributed by atoms with E-state index >= 15 is 0 Å². The Morgan fingerprint density at radius 1 is 1.47 bits per heavy atom. The summed E-state index contributed by atoms with van der Waals surface area (Å²) in [6.07, 6.45) is 4.82. The van der Waals surface area contributed by atoms with Crippen molar-refractivity contribution in [2.75, 3.05) is 6.61 Å². The molecule has 0 aromatic rings. The largest absolute Gasteiger partial charge is 0.459 e. The van der Waals surface area contributed by atoms with Gasteiger partial charge in [0.25, 0.3) is 0 Å². The van der Waals surface area contributed by atoms with Crippen LogP contribution in [0.2, 0.25) is 0 Å². The number of hydrogen-bond acceptors (Lipinski definition) is 3. The minimum absolute atomic E-state index is 0.0807. The van der Waals surface area contributed by atoms with Crippen LogP contribution in [0.25, 0.3) is 0 Å². The zero-order valence-corrected chi connectivity index (χ0v) is 9.20. The summed E-state index contributed by atoms with van der Waals surface area (Å²) >= 11 is 0. The molecular formula is C12H18O3. The molecule has 2 rings (SSSR count). The predicted octanol–water partition coefficient (Wildman–Crippen LogP) is 2.06. The Kier molecular flexibility index (Phi) is 3.10. The van der Waals surface area contributed by atoms with Crippen LogP contribution in [-0.2, 0) is 14.3 Å². The highest BCUT2D eigenvalue weighted by Crippen LogP contribution is 2.34. The molecule has 84 valence electrons. The first-order valence-electron chi connectivity index (χ1n) is 5.65.